The number of carbonyl (C=O) groups is 1. The quantitative estimate of drug-likeness (QED) is 0.411. The van der Waals surface area contributed by atoms with Crippen molar-refractivity contribution >= 4 is 35.8 Å². The molecule has 1 N–H and O–H groups in total. The number of aromatic nitrogens is 1. The van der Waals surface area contributed by atoms with E-state index in [9.17, 15) is 4.79 Å². The van der Waals surface area contributed by atoms with Gasteiger partial charge in [0.2, 0.25) is 11.8 Å². The Labute approximate surface area is 166 Å². The third-order valence-electron chi connectivity index (χ3n) is 3.89. The summed E-state index contributed by atoms with van der Waals surface area (Å²) in [6, 6.07) is 3.88. The van der Waals surface area contributed by atoms with Crippen LogP contribution in [0.4, 0.5) is 0 Å². The van der Waals surface area contributed by atoms with E-state index in [1.165, 1.54) is 0 Å². The molecule has 0 saturated carbocycles. The van der Waals surface area contributed by atoms with E-state index in [1.807, 2.05) is 24.0 Å². The van der Waals surface area contributed by atoms with Crippen LogP contribution in [0.2, 0.25) is 0 Å². The molecule has 8 heteroatoms. The Morgan fingerprint density at radius 3 is 2.56 bits per heavy atom. The highest BCUT2D eigenvalue weighted by atomic mass is 127. The molecule has 1 aliphatic heterocycles. The summed E-state index contributed by atoms with van der Waals surface area (Å²) >= 11 is 0. The molecule has 1 aromatic rings. The van der Waals surface area contributed by atoms with Crippen molar-refractivity contribution in [1.29, 1.82) is 0 Å². The van der Waals surface area contributed by atoms with Gasteiger partial charge in [-0.1, -0.05) is 6.07 Å². The molecule has 1 aromatic heterocycles. The Morgan fingerprint density at radius 1 is 1.28 bits per heavy atom. The fraction of sp³-hybridized carbons (Fsp3) is 0.588. The molecule has 7 nitrogen and oxygen atoms in total. The number of amides is 1. The molecule has 0 bridgehead atoms. The summed E-state index contributed by atoms with van der Waals surface area (Å²) in [6.45, 7) is 10.6. The Bertz CT molecular complexity index is 574. The minimum Gasteiger partial charge on any atom is -0.478 e. The maximum Gasteiger partial charge on any atom is 0.219 e. The van der Waals surface area contributed by atoms with Gasteiger partial charge in [0.25, 0.3) is 0 Å². The normalized spacial score (nSPS) is 14.8. The van der Waals surface area contributed by atoms with Crippen LogP contribution in [0.5, 0.6) is 5.88 Å². The van der Waals surface area contributed by atoms with Gasteiger partial charge in [0.15, 0.2) is 5.96 Å². The summed E-state index contributed by atoms with van der Waals surface area (Å²) in [4.78, 5) is 24.5. The van der Waals surface area contributed by atoms with E-state index in [4.69, 9.17) is 9.73 Å². The molecule has 0 aromatic carbocycles. The Hall–Kier alpha value is -1.58. The van der Waals surface area contributed by atoms with Gasteiger partial charge in [-0.3, -0.25) is 4.79 Å². The smallest absolute Gasteiger partial charge is 0.219 e. The molecule has 2 rings (SSSR count). The molecule has 1 saturated heterocycles. The van der Waals surface area contributed by atoms with Crippen molar-refractivity contribution in [1.82, 2.24) is 20.1 Å². The first-order valence-electron chi connectivity index (χ1n) is 8.51. The SMILES string of the molecule is CCNC(=NCc1cccnc1OCC)N1CCN(C(C)=O)CC1.I. The number of rotatable bonds is 5. The predicted octanol–water partition coefficient (Wildman–Crippen LogP) is 1.73. The van der Waals surface area contributed by atoms with Crippen LogP contribution < -0.4 is 10.1 Å². The molecular weight excluding hydrogens is 433 g/mol. The van der Waals surface area contributed by atoms with Gasteiger partial charge >= 0.3 is 0 Å². The number of hydrogen-bond donors (Lipinski definition) is 1. The molecule has 1 aliphatic rings. The largest absolute Gasteiger partial charge is 0.478 e. The fourth-order valence-electron chi connectivity index (χ4n) is 2.63. The van der Waals surface area contributed by atoms with E-state index in [2.05, 4.69) is 22.1 Å². The first-order chi connectivity index (χ1) is 11.7. The number of piperazine rings is 1. The summed E-state index contributed by atoms with van der Waals surface area (Å²) in [7, 11) is 0. The Morgan fingerprint density at radius 2 is 1.96 bits per heavy atom. The molecule has 0 atom stereocenters. The van der Waals surface area contributed by atoms with Gasteiger partial charge in [-0.25, -0.2) is 9.98 Å². The lowest BCUT2D eigenvalue weighted by molar-refractivity contribution is -0.130. The van der Waals surface area contributed by atoms with Crippen LogP contribution in [-0.4, -0.2) is 66.0 Å². The zero-order valence-electron chi connectivity index (χ0n) is 15.2. The zero-order valence-corrected chi connectivity index (χ0v) is 17.5. The van der Waals surface area contributed by atoms with Crippen LogP contribution in [0, 0.1) is 0 Å². The molecular formula is C17H28IN5O2. The second-order valence-corrected chi connectivity index (χ2v) is 5.56. The van der Waals surface area contributed by atoms with E-state index >= 15 is 0 Å². The van der Waals surface area contributed by atoms with Crippen LogP contribution >= 0.6 is 24.0 Å². The average Bonchev–Trinajstić information content (AvgIpc) is 2.60. The predicted molar refractivity (Wildman–Crippen MR) is 109 cm³/mol. The van der Waals surface area contributed by atoms with Gasteiger partial charge < -0.3 is 19.9 Å². The number of hydrogen-bond acceptors (Lipinski definition) is 4. The summed E-state index contributed by atoms with van der Waals surface area (Å²) in [5.41, 5.74) is 0.970. The van der Waals surface area contributed by atoms with Crippen molar-refractivity contribution < 1.29 is 9.53 Å². The summed E-state index contributed by atoms with van der Waals surface area (Å²) in [5, 5.41) is 3.33. The number of ether oxygens (including phenoxy) is 1. The highest BCUT2D eigenvalue weighted by Crippen LogP contribution is 2.15. The highest BCUT2D eigenvalue weighted by molar-refractivity contribution is 14.0. The Balaban J connectivity index is 0.00000312. The molecule has 140 valence electrons. The van der Waals surface area contributed by atoms with Gasteiger partial charge in [-0.15, -0.1) is 24.0 Å². The van der Waals surface area contributed by atoms with Crippen molar-refractivity contribution in [2.24, 2.45) is 4.99 Å². The molecule has 0 spiro atoms. The lowest BCUT2D eigenvalue weighted by Gasteiger charge is -2.36. The number of nitrogens with one attached hydrogen (secondary N) is 1. The molecule has 25 heavy (non-hydrogen) atoms. The molecule has 0 unspecified atom stereocenters. The Kier molecular flexibility index (Phi) is 9.54. The van der Waals surface area contributed by atoms with Crippen molar-refractivity contribution in [3.63, 3.8) is 0 Å². The monoisotopic (exact) mass is 461 g/mol. The van der Waals surface area contributed by atoms with Crippen molar-refractivity contribution in [2.75, 3.05) is 39.3 Å². The minimum atomic E-state index is 0. The maximum atomic E-state index is 11.5. The van der Waals surface area contributed by atoms with Crippen LogP contribution in [0.3, 0.4) is 0 Å². The topological polar surface area (TPSA) is 70.1 Å². The van der Waals surface area contributed by atoms with Gasteiger partial charge in [-0.05, 0) is 19.9 Å². The summed E-state index contributed by atoms with van der Waals surface area (Å²) < 4.78 is 5.56. The van der Waals surface area contributed by atoms with Crippen LogP contribution in [0.15, 0.2) is 23.3 Å². The second-order valence-electron chi connectivity index (χ2n) is 5.56. The highest BCUT2D eigenvalue weighted by Gasteiger charge is 2.20. The van der Waals surface area contributed by atoms with Crippen molar-refractivity contribution in [3.05, 3.63) is 23.9 Å². The van der Waals surface area contributed by atoms with Gasteiger partial charge in [0.05, 0.1) is 13.2 Å². The van der Waals surface area contributed by atoms with Crippen molar-refractivity contribution in [2.45, 2.75) is 27.3 Å². The fourth-order valence-corrected chi connectivity index (χ4v) is 2.63. The molecule has 0 radical (unpaired) electrons. The summed E-state index contributed by atoms with van der Waals surface area (Å²) in [6.07, 6.45) is 1.73. The summed E-state index contributed by atoms with van der Waals surface area (Å²) in [5.74, 6) is 1.64. The number of pyridine rings is 1. The van der Waals surface area contributed by atoms with Gasteiger partial charge in [0.1, 0.15) is 0 Å². The van der Waals surface area contributed by atoms with Crippen LogP contribution in [-0.2, 0) is 11.3 Å². The number of nitrogens with zero attached hydrogens (tertiary/aromatic N) is 4. The zero-order chi connectivity index (χ0) is 17.4. The number of carbonyl (C=O) groups excluding carboxylic acids is 1. The molecule has 0 aliphatic carbocycles. The van der Waals surface area contributed by atoms with Crippen LogP contribution in [0.1, 0.15) is 26.3 Å². The van der Waals surface area contributed by atoms with E-state index in [0.29, 0.717) is 19.0 Å². The van der Waals surface area contributed by atoms with Crippen LogP contribution in [0.25, 0.3) is 0 Å². The van der Waals surface area contributed by atoms with E-state index in [-0.39, 0.29) is 29.9 Å². The average molecular weight is 461 g/mol. The van der Waals surface area contributed by atoms with Gasteiger partial charge in [-0.2, -0.15) is 0 Å². The maximum absolute atomic E-state index is 11.5. The lowest BCUT2D eigenvalue weighted by Crippen LogP contribution is -2.53. The molecule has 1 fully saturated rings. The second kappa shape index (κ2) is 11.1. The first-order valence-corrected chi connectivity index (χ1v) is 8.51. The third-order valence-corrected chi connectivity index (χ3v) is 3.89. The molecule has 2 heterocycles. The standard InChI is InChI=1S/C17H27N5O2.HI/c1-4-18-17(22-11-9-21(10-12-22)14(3)23)20-13-15-7-6-8-19-16(15)24-5-2;/h6-8H,4-5,9-13H2,1-3H3,(H,18,20);1H. The molecule has 1 amide bonds. The lowest BCUT2D eigenvalue weighted by atomic mass is 10.2. The van der Waals surface area contributed by atoms with E-state index < -0.39 is 0 Å². The number of guanidine groups is 1. The van der Waals surface area contributed by atoms with Gasteiger partial charge in [0, 0.05) is 51.4 Å². The minimum absolute atomic E-state index is 0. The number of halogens is 1. The van der Waals surface area contributed by atoms with Crippen molar-refractivity contribution in [3.8, 4) is 5.88 Å². The first kappa shape index (κ1) is 21.5. The van der Waals surface area contributed by atoms with E-state index in [1.54, 1.807) is 13.1 Å². The third kappa shape index (κ3) is 6.33. The number of aliphatic imine (C=N–C) groups is 1. The van der Waals surface area contributed by atoms with E-state index in [0.717, 1.165) is 44.2 Å².